The van der Waals surface area contributed by atoms with E-state index in [4.69, 9.17) is 5.73 Å². The standard InChI is InChI=1S/C20H22FN5O/c1-13-18(14-7-9-23-10-8-14)25-20(26(2)19(13)27)24-12-16(22)11-15-5-3-4-6-17(15)21/h3-10,16H,11-12,22H2,1-2H3,(H,24,25). The van der Waals surface area contributed by atoms with Crippen molar-refractivity contribution >= 4 is 5.95 Å². The van der Waals surface area contributed by atoms with E-state index in [0.29, 0.717) is 35.7 Å². The molecule has 3 rings (SSSR count). The second-order valence-electron chi connectivity index (χ2n) is 6.45. The molecule has 0 aliphatic carbocycles. The molecule has 2 aromatic heterocycles. The Labute approximate surface area is 156 Å². The number of hydrogen-bond acceptors (Lipinski definition) is 5. The lowest BCUT2D eigenvalue weighted by atomic mass is 10.1. The predicted molar refractivity (Wildman–Crippen MR) is 104 cm³/mol. The molecular weight excluding hydrogens is 345 g/mol. The fraction of sp³-hybridized carbons (Fsp3) is 0.250. The largest absolute Gasteiger partial charge is 0.354 e. The zero-order valence-electron chi connectivity index (χ0n) is 15.3. The predicted octanol–water partition coefficient (Wildman–Crippen LogP) is 2.27. The van der Waals surface area contributed by atoms with Crippen molar-refractivity contribution in [3.05, 3.63) is 76.1 Å². The highest BCUT2D eigenvalue weighted by molar-refractivity contribution is 5.63. The molecule has 0 aliphatic rings. The van der Waals surface area contributed by atoms with Crippen LogP contribution in [0, 0.1) is 12.7 Å². The van der Waals surface area contributed by atoms with Gasteiger partial charge in [0.25, 0.3) is 5.56 Å². The molecule has 0 saturated carbocycles. The minimum atomic E-state index is -0.329. The Morgan fingerprint density at radius 1 is 1.22 bits per heavy atom. The van der Waals surface area contributed by atoms with Crippen molar-refractivity contribution in [2.75, 3.05) is 11.9 Å². The van der Waals surface area contributed by atoms with Gasteiger partial charge in [-0.15, -0.1) is 0 Å². The third-order valence-electron chi connectivity index (χ3n) is 4.43. The number of rotatable bonds is 6. The minimum Gasteiger partial charge on any atom is -0.354 e. The van der Waals surface area contributed by atoms with Crippen molar-refractivity contribution in [2.24, 2.45) is 12.8 Å². The summed E-state index contributed by atoms with van der Waals surface area (Å²) in [5.41, 5.74) is 8.55. The third-order valence-corrected chi connectivity index (χ3v) is 4.43. The highest BCUT2D eigenvalue weighted by Gasteiger charge is 2.14. The number of aromatic nitrogens is 3. The van der Waals surface area contributed by atoms with Crippen molar-refractivity contribution in [3.63, 3.8) is 0 Å². The summed E-state index contributed by atoms with van der Waals surface area (Å²) in [6.45, 7) is 2.10. The summed E-state index contributed by atoms with van der Waals surface area (Å²) < 4.78 is 15.2. The van der Waals surface area contributed by atoms with Crippen molar-refractivity contribution in [3.8, 4) is 11.3 Å². The average molecular weight is 367 g/mol. The Kier molecular flexibility index (Phi) is 5.61. The lowest BCUT2D eigenvalue weighted by Crippen LogP contribution is -2.34. The monoisotopic (exact) mass is 367 g/mol. The zero-order chi connectivity index (χ0) is 19.4. The van der Waals surface area contributed by atoms with Crippen LogP contribution in [0.25, 0.3) is 11.3 Å². The van der Waals surface area contributed by atoms with Crippen LogP contribution in [0.1, 0.15) is 11.1 Å². The Hall–Kier alpha value is -3.06. The lowest BCUT2D eigenvalue weighted by molar-refractivity contribution is 0.590. The van der Waals surface area contributed by atoms with Gasteiger partial charge < -0.3 is 11.1 Å². The van der Waals surface area contributed by atoms with E-state index < -0.39 is 0 Å². The third kappa shape index (κ3) is 4.20. The molecule has 0 amide bonds. The van der Waals surface area contributed by atoms with Gasteiger partial charge in [-0.1, -0.05) is 18.2 Å². The maximum atomic E-state index is 13.8. The molecule has 0 radical (unpaired) electrons. The number of nitrogens with two attached hydrogens (primary N) is 1. The van der Waals surface area contributed by atoms with Gasteiger partial charge in [-0.25, -0.2) is 9.37 Å². The van der Waals surface area contributed by atoms with Gasteiger partial charge in [0, 0.05) is 43.2 Å². The van der Waals surface area contributed by atoms with Gasteiger partial charge in [0.1, 0.15) is 5.82 Å². The molecule has 27 heavy (non-hydrogen) atoms. The van der Waals surface area contributed by atoms with Crippen LogP contribution in [0.5, 0.6) is 0 Å². The van der Waals surface area contributed by atoms with E-state index in [1.165, 1.54) is 10.6 Å². The summed E-state index contributed by atoms with van der Waals surface area (Å²) in [7, 11) is 1.66. The summed E-state index contributed by atoms with van der Waals surface area (Å²) in [6.07, 6.45) is 3.70. The van der Waals surface area contributed by atoms with Gasteiger partial charge in [-0.3, -0.25) is 14.3 Å². The SMILES string of the molecule is Cc1c(-c2ccncc2)nc(NCC(N)Cc2ccccc2F)n(C)c1=O. The second-order valence-corrected chi connectivity index (χ2v) is 6.45. The maximum absolute atomic E-state index is 13.8. The number of nitrogens with one attached hydrogen (secondary N) is 1. The normalized spacial score (nSPS) is 12.0. The van der Waals surface area contributed by atoms with Gasteiger partial charge in [0.05, 0.1) is 5.69 Å². The first kappa shape index (κ1) is 18.7. The quantitative estimate of drug-likeness (QED) is 0.698. The van der Waals surface area contributed by atoms with Crippen LogP contribution >= 0.6 is 0 Å². The van der Waals surface area contributed by atoms with E-state index in [9.17, 15) is 9.18 Å². The Morgan fingerprint density at radius 2 is 1.93 bits per heavy atom. The molecule has 0 spiro atoms. The van der Waals surface area contributed by atoms with Crippen LogP contribution < -0.4 is 16.6 Å². The fourth-order valence-electron chi connectivity index (χ4n) is 2.90. The van der Waals surface area contributed by atoms with Crippen molar-refractivity contribution in [1.82, 2.24) is 14.5 Å². The van der Waals surface area contributed by atoms with Gasteiger partial charge in [-0.2, -0.15) is 0 Å². The number of pyridine rings is 1. The minimum absolute atomic E-state index is 0.137. The molecule has 0 saturated heterocycles. The summed E-state index contributed by atoms with van der Waals surface area (Å²) in [5, 5.41) is 3.12. The lowest BCUT2D eigenvalue weighted by Gasteiger charge is -2.17. The van der Waals surface area contributed by atoms with Gasteiger partial charge in [0.15, 0.2) is 0 Å². The summed E-state index contributed by atoms with van der Waals surface area (Å²) >= 11 is 0. The van der Waals surface area contributed by atoms with Crippen molar-refractivity contribution in [2.45, 2.75) is 19.4 Å². The molecular formula is C20H22FN5O. The van der Waals surface area contributed by atoms with Crippen LogP contribution in [0.2, 0.25) is 0 Å². The molecule has 6 nitrogen and oxygen atoms in total. The molecule has 3 N–H and O–H groups in total. The summed E-state index contributed by atoms with van der Waals surface area (Å²) in [4.78, 5) is 21.1. The van der Waals surface area contributed by atoms with E-state index >= 15 is 0 Å². The zero-order valence-corrected chi connectivity index (χ0v) is 15.3. The van der Waals surface area contributed by atoms with Gasteiger partial charge in [0.2, 0.25) is 5.95 Å². The molecule has 3 aromatic rings. The molecule has 1 atom stereocenters. The highest BCUT2D eigenvalue weighted by Crippen LogP contribution is 2.19. The van der Waals surface area contributed by atoms with Crippen LogP contribution in [0.3, 0.4) is 0 Å². The van der Waals surface area contributed by atoms with E-state index in [-0.39, 0.29) is 17.4 Å². The van der Waals surface area contributed by atoms with E-state index in [0.717, 1.165) is 5.56 Å². The maximum Gasteiger partial charge on any atom is 0.258 e. The Balaban J connectivity index is 1.80. The number of benzene rings is 1. The van der Waals surface area contributed by atoms with E-state index in [1.807, 2.05) is 12.1 Å². The number of hydrogen-bond donors (Lipinski definition) is 2. The van der Waals surface area contributed by atoms with Crippen molar-refractivity contribution in [1.29, 1.82) is 0 Å². The van der Waals surface area contributed by atoms with E-state index in [1.54, 1.807) is 44.6 Å². The first-order chi connectivity index (χ1) is 13.0. The van der Waals surface area contributed by atoms with Crippen LogP contribution in [0.4, 0.5) is 10.3 Å². The highest BCUT2D eigenvalue weighted by atomic mass is 19.1. The van der Waals surface area contributed by atoms with Gasteiger partial charge >= 0.3 is 0 Å². The molecule has 140 valence electrons. The number of anilines is 1. The summed E-state index contributed by atoms with van der Waals surface area (Å²) in [6, 6.07) is 9.85. The first-order valence-corrected chi connectivity index (χ1v) is 8.68. The molecule has 0 fully saturated rings. The molecule has 1 unspecified atom stereocenters. The smallest absolute Gasteiger partial charge is 0.258 e. The van der Waals surface area contributed by atoms with E-state index in [2.05, 4.69) is 15.3 Å². The number of halogens is 1. The molecule has 7 heteroatoms. The summed E-state index contributed by atoms with van der Waals surface area (Å²) in [5.74, 6) is 0.148. The second kappa shape index (κ2) is 8.09. The molecule has 0 aliphatic heterocycles. The van der Waals surface area contributed by atoms with Gasteiger partial charge in [-0.05, 0) is 37.1 Å². The Morgan fingerprint density at radius 3 is 2.63 bits per heavy atom. The first-order valence-electron chi connectivity index (χ1n) is 8.68. The van der Waals surface area contributed by atoms with Crippen LogP contribution in [0.15, 0.2) is 53.6 Å². The molecule has 2 heterocycles. The average Bonchev–Trinajstić information content (AvgIpc) is 2.68. The molecule has 1 aromatic carbocycles. The fourth-order valence-corrected chi connectivity index (χ4v) is 2.90. The topological polar surface area (TPSA) is 85.8 Å². The van der Waals surface area contributed by atoms with Crippen LogP contribution in [-0.2, 0) is 13.5 Å². The molecule has 0 bridgehead atoms. The van der Waals surface area contributed by atoms with Crippen LogP contribution in [-0.4, -0.2) is 27.1 Å². The van der Waals surface area contributed by atoms with Crippen molar-refractivity contribution < 1.29 is 4.39 Å². The number of nitrogens with zero attached hydrogens (tertiary/aromatic N) is 3. The Bertz CT molecular complexity index is 987.